The smallest absolute Gasteiger partial charge is 0.228 e. The number of nitrogens with one attached hydrogen (secondary N) is 3. The number of ketones is 1. The SMILES string of the molecule is O=C(Cc1ncn[nH]1)C1CCCN1c1nc2c(c(Nc3cc(C4CCCCC4)[nH]n3)n1)CCC2. The average Bonchev–Trinajstić information content (AvgIpc) is 3.67. The summed E-state index contributed by atoms with van der Waals surface area (Å²) in [5.41, 5.74) is 3.48. The summed E-state index contributed by atoms with van der Waals surface area (Å²) in [5, 5.41) is 17.9. The molecule has 2 aliphatic carbocycles. The summed E-state index contributed by atoms with van der Waals surface area (Å²) in [7, 11) is 0. The van der Waals surface area contributed by atoms with E-state index in [0.717, 1.165) is 56.0 Å². The molecule has 0 spiro atoms. The second-order valence-corrected chi connectivity index (χ2v) is 9.75. The largest absolute Gasteiger partial charge is 0.331 e. The lowest BCUT2D eigenvalue weighted by atomic mass is 9.87. The fraction of sp³-hybridized carbons (Fsp3) is 0.583. The second-order valence-electron chi connectivity index (χ2n) is 9.75. The molecule has 10 nitrogen and oxygen atoms in total. The molecule has 1 unspecified atom stereocenters. The maximum atomic E-state index is 13.0. The average molecular weight is 462 g/mol. The monoisotopic (exact) mass is 461 g/mol. The van der Waals surface area contributed by atoms with Crippen LogP contribution in [0, 0.1) is 0 Å². The van der Waals surface area contributed by atoms with Crippen LogP contribution in [-0.2, 0) is 24.1 Å². The number of aromatic amines is 2. The number of nitrogens with zero attached hydrogens (tertiary/aromatic N) is 6. The first-order valence-corrected chi connectivity index (χ1v) is 12.6. The van der Waals surface area contributed by atoms with Gasteiger partial charge in [-0.1, -0.05) is 19.3 Å². The molecule has 6 rings (SSSR count). The van der Waals surface area contributed by atoms with Crippen molar-refractivity contribution >= 4 is 23.4 Å². The van der Waals surface area contributed by atoms with Gasteiger partial charge in [-0.15, -0.1) is 0 Å². The Morgan fingerprint density at radius 1 is 1.06 bits per heavy atom. The number of carbonyl (C=O) groups excluding carboxylic acids is 1. The van der Waals surface area contributed by atoms with Gasteiger partial charge in [0.15, 0.2) is 11.6 Å². The first kappa shape index (κ1) is 21.2. The van der Waals surface area contributed by atoms with Crippen molar-refractivity contribution in [1.29, 1.82) is 0 Å². The standard InChI is InChI=1S/C24H31N9O/c34-20(13-21-25-14-26-31-21)19-10-5-11-33(19)24-27-17-9-4-8-16(17)23(29-24)28-22-12-18(30-32-22)15-6-2-1-3-7-15/h12,14-15,19H,1-11,13H2,(H,25,26,31)(H2,27,28,29,30,32). The zero-order valence-electron chi connectivity index (χ0n) is 19.4. The molecule has 0 radical (unpaired) electrons. The van der Waals surface area contributed by atoms with Gasteiger partial charge in [-0.3, -0.25) is 15.0 Å². The summed E-state index contributed by atoms with van der Waals surface area (Å²) in [6.45, 7) is 0.777. The Balaban J connectivity index is 1.24. The molecule has 0 aromatic carbocycles. The van der Waals surface area contributed by atoms with E-state index in [1.165, 1.54) is 49.7 Å². The number of fused-ring (bicyclic) bond motifs is 1. The number of rotatable bonds is 7. The van der Waals surface area contributed by atoms with Crippen LogP contribution >= 0.6 is 0 Å². The third-order valence-corrected chi connectivity index (χ3v) is 7.50. The fourth-order valence-electron chi connectivity index (χ4n) is 5.74. The molecule has 1 saturated heterocycles. The van der Waals surface area contributed by atoms with Gasteiger partial charge in [0.2, 0.25) is 5.95 Å². The van der Waals surface area contributed by atoms with Crippen LogP contribution in [0.1, 0.15) is 80.1 Å². The summed E-state index contributed by atoms with van der Waals surface area (Å²) in [6.07, 6.45) is 12.8. The Kier molecular flexibility index (Phi) is 5.72. The molecule has 1 atom stereocenters. The molecule has 1 saturated carbocycles. The lowest BCUT2D eigenvalue weighted by Gasteiger charge is -2.24. The summed E-state index contributed by atoms with van der Waals surface area (Å²) < 4.78 is 0. The molecule has 0 bridgehead atoms. The Bertz CT molecular complexity index is 1150. The number of Topliss-reactive ketones (excluding diaryl/α,β-unsaturated/α-hetero) is 1. The highest BCUT2D eigenvalue weighted by Gasteiger charge is 2.34. The predicted molar refractivity (Wildman–Crippen MR) is 127 cm³/mol. The molecule has 3 aromatic heterocycles. The first-order valence-electron chi connectivity index (χ1n) is 12.6. The molecular weight excluding hydrogens is 430 g/mol. The van der Waals surface area contributed by atoms with Crippen LogP contribution in [0.15, 0.2) is 12.4 Å². The van der Waals surface area contributed by atoms with Crippen LogP contribution in [0.5, 0.6) is 0 Å². The van der Waals surface area contributed by atoms with Gasteiger partial charge in [0.25, 0.3) is 0 Å². The van der Waals surface area contributed by atoms with Gasteiger partial charge < -0.3 is 10.2 Å². The normalized spacial score (nSPS) is 20.6. The van der Waals surface area contributed by atoms with E-state index in [1.807, 2.05) is 0 Å². The van der Waals surface area contributed by atoms with E-state index in [9.17, 15) is 4.79 Å². The van der Waals surface area contributed by atoms with E-state index < -0.39 is 0 Å². The third-order valence-electron chi connectivity index (χ3n) is 7.50. The van der Waals surface area contributed by atoms with Crippen molar-refractivity contribution in [1.82, 2.24) is 35.3 Å². The zero-order valence-corrected chi connectivity index (χ0v) is 19.4. The Morgan fingerprint density at radius 2 is 1.97 bits per heavy atom. The van der Waals surface area contributed by atoms with Gasteiger partial charge in [-0.2, -0.15) is 15.2 Å². The summed E-state index contributed by atoms with van der Waals surface area (Å²) in [6, 6.07) is 1.90. The number of anilines is 3. The van der Waals surface area contributed by atoms with Gasteiger partial charge in [-0.05, 0) is 44.9 Å². The summed E-state index contributed by atoms with van der Waals surface area (Å²) in [4.78, 5) is 29.1. The van der Waals surface area contributed by atoms with E-state index in [0.29, 0.717) is 17.7 Å². The number of aromatic nitrogens is 7. The lowest BCUT2D eigenvalue weighted by molar-refractivity contribution is -0.119. The third kappa shape index (κ3) is 4.17. The van der Waals surface area contributed by atoms with Gasteiger partial charge in [0.1, 0.15) is 18.0 Å². The molecule has 3 aliphatic rings. The minimum Gasteiger partial charge on any atom is -0.331 e. The predicted octanol–water partition coefficient (Wildman–Crippen LogP) is 3.38. The number of carbonyl (C=O) groups is 1. The molecule has 178 valence electrons. The maximum Gasteiger partial charge on any atom is 0.228 e. The van der Waals surface area contributed by atoms with Crippen LogP contribution in [0.3, 0.4) is 0 Å². The van der Waals surface area contributed by atoms with Crippen LogP contribution in [-0.4, -0.2) is 53.7 Å². The molecule has 34 heavy (non-hydrogen) atoms. The zero-order chi connectivity index (χ0) is 22.9. The molecule has 3 aromatic rings. The highest BCUT2D eigenvalue weighted by molar-refractivity contribution is 5.88. The summed E-state index contributed by atoms with van der Waals surface area (Å²) >= 11 is 0. The van der Waals surface area contributed by atoms with E-state index in [2.05, 4.69) is 41.7 Å². The topological polar surface area (TPSA) is 128 Å². The van der Waals surface area contributed by atoms with Gasteiger partial charge in [-0.25, -0.2) is 9.97 Å². The number of H-pyrrole nitrogens is 2. The number of aryl methyl sites for hydroxylation is 1. The van der Waals surface area contributed by atoms with Crippen molar-refractivity contribution in [3.05, 3.63) is 35.2 Å². The highest BCUT2D eigenvalue weighted by Crippen LogP contribution is 2.35. The quantitative estimate of drug-likeness (QED) is 0.488. The van der Waals surface area contributed by atoms with Crippen LogP contribution in [0.25, 0.3) is 0 Å². The minimum atomic E-state index is -0.235. The van der Waals surface area contributed by atoms with Crippen LogP contribution in [0.4, 0.5) is 17.6 Å². The van der Waals surface area contributed by atoms with E-state index in [-0.39, 0.29) is 18.2 Å². The summed E-state index contributed by atoms with van der Waals surface area (Å²) in [5.74, 6) is 3.56. The lowest BCUT2D eigenvalue weighted by Crippen LogP contribution is -2.38. The molecular formula is C24H31N9O. The van der Waals surface area contributed by atoms with E-state index in [4.69, 9.17) is 9.97 Å². The Hall–Kier alpha value is -3.30. The second kappa shape index (κ2) is 9.15. The number of hydrogen-bond acceptors (Lipinski definition) is 8. The van der Waals surface area contributed by atoms with Crippen molar-refractivity contribution in [3.8, 4) is 0 Å². The van der Waals surface area contributed by atoms with E-state index in [1.54, 1.807) is 0 Å². The van der Waals surface area contributed by atoms with Crippen molar-refractivity contribution < 1.29 is 4.79 Å². The molecule has 10 heteroatoms. The molecule has 0 amide bonds. The molecule has 2 fully saturated rings. The van der Waals surface area contributed by atoms with Gasteiger partial charge in [0, 0.05) is 29.8 Å². The van der Waals surface area contributed by atoms with Crippen LogP contribution in [0.2, 0.25) is 0 Å². The van der Waals surface area contributed by atoms with Crippen molar-refractivity contribution in [3.63, 3.8) is 0 Å². The van der Waals surface area contributed by atoms with Gasteiger partial charge >= 0.3 is 0 Å². The van der Waals surface area contributed by atoms with Crippen LogP contribution < -0.4 is 10.2 Å². The van der Waals surface area contributed by atoms with E-state index >= 15 is 0 Å². The molecule has 1 aliphatic heterocycles. The Morgan fingerprint density at radius 3 is 2.82 bits per heavy atom. The minimum absolute atomic E-state index is 0.122. The molecule has 3 N–H and O–H groups in total. The Labute approximate surface area is 198 Å². The van der Waals surface area contributed by atoms with Gasteiger partial charge in [0.05, 0.1) is 18.2 Å². The van der Waals surface area contributed by atoms with Crippen molar-refractivity contribution in [2.75, 3.05) is 16.8 Å². The van der Waals surface area contributed by atoms with Crippen molar-refractivity contribution in [2.24, 2.45) is 0 Å². The fourth-order valence-corrected chi connectivity index (χ4v) is 5.74. The highest BCUT2D eigenvalue weighted by atomic mass is 16.1. The maximum absolute atomic E-state index is 13.0. The van der Waals surface area contributed by atoms with Crippen molar-refractivity contribution in [2.45, 2.75) is 82.6 Å². The molecule has 4 heterocycles. The number of hydrogen-bond donors (Lipinski definition) is 3. The first-order chi connectivity index (χ1) is 16.7.